The Kier molecular flexibility index (Phi) is 8.97. The Hall–Kier alpha value is -2.66. The maximum Gasteiger partial charge on any atom is 0.224 e. The molecule has 1 saturated heterocycles. The fraction of sp³-hybridized carbons (Fsp3) is 0.310. The van der Waals surface area contributed by atoms with Crippen LogP contribution < -0.4 is 5.32 Å². The normalized spacial score (nSPS) is 15.5. The van der Waals surface area contributed by atoms with E-state index in [1.165, 1.54) is 0 Å². The van der Waals surface area contributed by atoms with Gasteiger partial charge >= 0.3 is 0 Å². The second-order valence-corrected chi connectivity index (χ2v) is 9.91. The predicted molar refractivity (Wildman–Crippen MR) is 142 cm³/mol. The van der Waals surface area contributed by atoms with Crippen molar-refractivity contribution in [1.29, 1.82) is 0 Å². The lowest BCUT2D eigenvalue weighted by atomic mass is 9.88. The third kappa shape index (κ3) is 7.17. The SMILES string of the molecule is O=C(Cc1ccc(Cl)c(Cl)c1)NC(CCN1CCC(C(=O)c2ccccc2)CC1)c1ccccc1. The molecule has 0 spiro atoms. The summed E-state index contributed by atoms with van der Waals surface area (Å²) < 4.78 is 0. The fourth-order valence-corrected chi connectivity index (χ4v) is 4.98. The molecule has 1 heterocycles. The van der Waals surface area contributed by atoms with E-state index in [4.69, 9.17) is 23.2 Å². The highest BCUT2D eigenvalue weighted by Crippen LogP contribution is 2.25. The summed E-state index contributed by atoms with van der Waals surface area (Å²) in [4.78, 5) is 28.0. The van der Waals surface area contributed by atoms with Gasteiger partial charge in [-0.3, -0.25) is 9.59 Å². The van der Waals surface area contributed by atoms with E-state index in [1.54, 1.807) is 12.1 Å². The minimum Gasteiger partial charge on any atom is -0.349 e. The van der Waals surface area contributed by atoms with Crippen molar-refractivity contribution in [1.82, 2.24) is 10.2 Å². The van der Waals surface area contributed by atoms with Crippen molar-refractivity contribution in [2.24, 2.45) is 5.92 Å². The average Bonchev–Trinajstić information content (AvgIpc) is 2.89. The number of hydrogen-bond donors (Lipinski definition) is 1. The first-order valence-corrected chi connectivity index (χ1v) is 12.8. The van der Waals surface area contributed by atoms with E-state index in [9.17, 15) is 9.59 Å². The molecule has 1 aliphatic heterocycles. The summed E-state index contributed by atoms with van der Waals surface area (Å²) in [5, 5.41) is 4.14. The quantitative estimate of drug-likeness (QED) is 0.341. The van der Waals surface area contributed by atoms with Crippen LogP contribution in [-0.4, -0.2) is 36.2 Å². The Morgan fingerprint density at radius 3 is 2.20 bits per heavy atom. The monoisotopic (exact) mass is 508 g/mol. The molecule has 0 radical (unpaired) electrons. The van der Waals surface area contributed by atoms with E-state index < -0.39 is 0 Å². The van der Waals surface area contributed by atoms with Crippen molar-refractivity contribution >= 4 is 34.9 Å². The molecule has 6 heteroatoms. The van der Waals surface area contributed by atoms with Crippen LogP contribution in [0, 0.1) is 5.92 Å². The van der Waals surface area contributed by atoms with Gasteiger partial charge in [0, 0.05) is 18.0 Å². The molecule has 0 aromatic heterocycles. The minimum absolute atomic E-state index is 0.0515. The van der Waals surface area contributed by atoms with Gasteiger partial charge in [0.25, 0.3) is 0 Å². The molecule has 4 nitrogen and oxygen atoms in total. The highest BCUT2D eigenvalue weighted by Gasteiger charge is 2.26. The van der Waals surface area contributed by atoms with Crippen molar-refractivity contribution in [2.75, 3.05) is 19.6 Å². The number of amides is 1. The molecule has 0 aliphatic carbocycles. The summed E-state index contributed by atoms with van der Waals surface area (Å²) in [6.07, 6.45) is 2.78. The maximum absolute atomic E-state index is 12.9. The lowest BCUT2D eigenvalue weighted by Gasteiger charge is -2.32. The maximum atomic E-state index is 12.9. The van der Waals surface area contributed by atoms with Gasteiger partial charge in [-0.2, -0.15) is 0 Å². The number of likely N-dealkylation sites (tertiary alicyclic amines) is 1. The highest BCUT2D eigenvalue weighted by atomic mass is 35.5. The number of ketones is 1. The van der Waals surface area contributed by atoms with Gasteiger partial charge in [0.15, 0.2) is 5.78 Å². The summed E-state index contributed by atoms with van der Waals surface area (Å²) in [5.74, 6) is 0.288. The molecule has 0 saturated carbocycles. The molecule has 3 aromatic carbocycles. The van der Waals surface area contributed by atoms with Gasteiger partial charge in [-0.05, 0) is 55.6 Å². The molecule has 1 atom stereocenters. The molecule has 4 rings (SSSR count). The lowest BCUT2D eigenvalue weighted by Crippen LogP contribution is -2.39. The van der Waals surface area contributed by atoms with E-state index in [2.05, 4.69) is 22.3 Å². The Morgan fingerprint density at radius 2 is 1.54 bits per heavy atom. The minimum atomic E-state index is -0.0878. The van der Waals surface area contributed by atoms with E-state index in [0.717, 1.165) is 55.6 Å². The van der Waals surface area contributed by atoms with Crippen LogP contribution in [0.2, 0.25) is 10.0 Å². The Morgan fingerprint density at radius 1 is 0.886 bits per heavy atom. The molecular weight excluding hydrogens is 479 g/mol. The molecule has 0 bridgehead atoms. The van der Waals surface area contributed by atoms with Gasteiger partial charge in [-0.1, -0.05) is 89.9 Å². The zero-order valence-electron chi connectivity index (χ0n) is 19.6. The molecule has 1 amide bonds. The van der Waals surface area contributed by atoms with Gasteiger partial charge in [-0.25, -0.2) is 0 Å². The third-order valence-electron chi connectivity index (χ3n) is 6.64. The van der Waals surface area contributed by atoms with Crippen molar-refractivity contribution in [2.45, 2.75) is 31.7 Å². The summed E-state index contributed by atoms with van der Waals surface area (Å²) in [7, 11) is 0. The van der Waals surface area contributed by atoms with E-state index in [-0.39, 0.29) is 30.1 Å². The third-order valence-corrected chi connectivity index (χ3v) is 7.38. The van der Waals surface area contributed by atoms with Gasteiger partial charge < -0.3 is 10.2 Å². The molecule has 1 fully saturated rings. The smallest absolute Gasteiger partial charge is 0.224 e. The molecule has 1 aliphatic rings. The van der Waals surface area contributed by atoms with Crippen molar-refractivity contribution in [3.05, 3.63) is 106 Å². The van der Waals surface area contributed by atoms with Crippen LogP contribution in [0.25, 0.3) is 0 Å². The summed E-state index contributed by atoms with van der Waals surface area (Å²) in [6.45, 7) is 2.64. The Labute approximate surface area is 217 Å². The molecular formula is C29H30Cl2N2O2. The number of nitrogens with one attached hydrogen (secondary N) is 1. The zero-order chi connectivity index (χ0) is 24.6. The number of Topliss-reactive ketones (excluding diaryl/α,β-unsaturated/α-hetero) is 1. The van der Waals surface area contributed by atoms with Gasteiger partial charge in [0.2, 0.25) is 5.91 Å². The van der Waals surface area contributed by atoms with Crippen LogP contribution in [0.3, 0.4) is 0 Å². The summed E-state index contributed by atoms with van der Waals surface area (Å²) in [5.41, 5.74) is 2.72. The lowest BCUT2D eigenvalue weighted by molar-refractivity contribution is -0.121. The van der Waals surface area contributed by atoms with Crippen molar-refractivity contribution < 1.29 is 9.59 Å². The fourth-order valence-electron chi connectivity index (χ4n) is 4.66. The standard InChI is InChI=1S/C29H30Cl2N2O2/c30-25-12-11-21(19-26(25)31)20-28(34)32-27(22-7-3-1-4-8-22)15-18-33-16-13-24(14-17-33)29(35)23-9-5-2-6-10-23/h1-12,19,24,27H,13-18,20H2,(H,32,34). The number of benzene rings is 3. The van der Waals surface area contributed by atoms with Crippen LogP contribution in [-0.2, 0) is 11.2 Å². The van der Waals surface area contributed by atoms with Gasteiger partial charge in [-0.15, -0.1) is 0 Å². The molecule has 182 valence electrons. The number of rotatable bonds is 9. The van der Waals surface area contributed by atoms with E-state index in [1.807, 2.05) is 54.6 Å². The Balaban J connectivity index is 1.32. The summed E-state index contributed by atoms with van der Waals surface area (Å²) in [6, 6.07) is 24.8. The number of nitrogens with zero attached hydrogens (tertiary/aromatic N) is 1. The Bertz CT molecular complexity index is 1130. The van der Waals surface area contributed by atoms with Crippen LogP contribution in [0.4, 0.5) is 0 Å². The number of hydrogen-bond acceptors (Lipinski definition) is 3. The molecule has 1 N–H and O–H groups in total. The molecule has 1 unspecified atom stereocenters. The van der Waals surface area contributed by atoms with Crippen LogP contribution in [0.5, 0.6) is 0 Å². The van der Waals surface area contributed by atoms with Crippen LogP contribution >= 0.6 is 23.2 Å². The zero-order valence-corrected chi connectivity index (χ0v) is 21.1. The highest BCUT2D eigenvalue weighted by molar-refractivity contribution is 6.42. The second-order valence-electron chi connectivity index (χ2n) is 9.09. The number of carbonyl (C=O) groups excluding carboxylic acids is 2. The van der Waals surface area contributed by atoms with E-state index in [0.29, 0.717) is 10.0 Å². The number of halogens is 2. The van der Waals surface area contributed by atoms with E-state index >= 15 is 0 Å². The van der Waals surface area contributed by atoms with Gasteiger partial charge in [0.05, 0.1) is 22.5 Å². The molecule has 35 heavy (non-hydrogen) atoms. The first-order chi connectivity index (χ1) is 17.0. The van der Waals surface area contributed by atoms with Crippen LogP contribution in [0.1, 0.15) is 46.8 Å². The average molecular weight is 509 g/mol. The van der Waals surface area contributed by atoms with Crippen molar-refractivity contribution in [3.8, 4) is 0 Å². The first-order valence-electron chi connectivity index (χ1n) is 12.1. The summed E-state index contributed by atoms with van der Waals surface area (Å²) >= 11 is 12.1. The van der Waals surface area contributed by atoms with Crippen molar-refractivity contribution in [3.63, 3.8) is 0 Å². The number of carbonyl (C=O) groups is 2. The van der Waals surface area contributed by atoms with Gasteiger partial charge in [0.1, 0.15) is 0 Å². The molecule has 3 aromatic rings. The predicted octanol–water partition coefficient (Wildman–Crippen LogP) is 6.38. The first kappa shape index (κ1) is 25.4. The second kappa shape index (κ2) is 12.3. The largest absolute Gasteiger partial charge is 0.349 e. The number of piperidine rings is 1. The van der Waals surface area contributed by atoms with Crippen LogP contribution in [0.15, 0.2) is 78.9 Å². The topological polar surface area (TPSA) is 49.4 Å².